The van der Waals surface area contributed by atoms with Crippen LogP contribution in [0.1, 0.15) is 26.3 Å². The fraction of sp³-hybridized carbons (Fsp3) is 0.467. The van der Waals surface area contributed by atoms with E-state index in [2.05, 4.69) is 0 Å². The molecular weight excluding hydrogens is 263 g/mol. The number of carbonyl (C=O) groups excluding carboxylic acids is 1. The molecule has 0 heterocycles. The fourth-order valence-corrected chi connectivity index (χ4v) is 2.15. The van der Waals surface area contributed by atoms with Gasteiger partial charge in [-0.15, -0.1) is 0 Å². The molecule has 0 aliphatic carbocycles. The van der Waals surface area contributed by atoms with Crippen molar-refractivity contribution in [1.29, 1.82) is 0 Å². The maximum absolute atomic E-state index is 13.2. The summed E-state index contributed by atoms with van der Waals surface area (Å²) in [5, 5.41) is 9.53. The third-order valence-electron chi connectivity index (χ3n) is 3.38. The van der Waals surface area contributed by atoms with Crippen LogP contribution in [0.4, 0.5) is 4.39 Å². The van der Waals surface area contributed by atoms with Crippen molar-refractivity contribution in [3.8, 4) is 0 Å². The van der Waals surface area contributed by atoms with E-state index in [-0.39, 0.29) is 13.0 Å². The molecule has 4 nitrogen and oxygen atoms in total. The van der Waals surface area contributed by atoms with Gasteiger partial charge >= 0.3 is 11.9 Å². The van der Waals surface area contributed by atoms with Crippen molar-refractivity contribution >= 4 is 11.9 Å². The van der Waals surface area contributed by atoms with Crippen LogP contribution >= 0.6 is 0 Å². The first-order valence-electron chi connectivity index (χ1n) is 6.49. The summed E-state index contributed by atoms with van der Waals surface area (Å²) in [6.07, 6.45) is -0.101. The van der Waals surface area contributed by atoms with Crippen molar-refractivity contribution in [2.45, 2.75) is 27.2 Å². The minimum atomic E-state index is -1.70. The molecule has 1 rings (SSSR count). The molecule has 0 saturated heterocycles. The third-order valence-corrected chi connectivity index (χ3v) is 3.38. The maximum Gasteiger partial charge on any atom is 0.324 e. The molecule has 0 bridgehead atoms. The number of aliphatic carboxylic acids is 1. The first-order valence-corrected chi connectivity index (χ1v) is 6.49. The Morgan fingerprint density at radius 1 is 1.40 bits per heavy atom. The van der Waals surface area contributed by atoms with Crippen molar-refractivity contribution in [2.24, 2.45) is 11.3 Å². The smallest absolute Gasteiger partial charge is 0.324 e. The van der Waals surface area contributed by atoms with E-state index in [1.54, 1.807) is 26.8 Å². The number of benzene rings is 1. The van der Waals surface area contributed by atoms with Crippen LogP contribution in [0.5, 0.6) is 0 Å². The second-order valence-corrected chi connectivity index (χ2v) is 4.96. The predicted octanol–water partition coefficient (Wildman–Crippen LogP) is 2.66. The molecule has 5 heteroatoms. The molecule has 0 saturated carbocycles. The normalized spacial score (nSPS) is 13.8. The molecule has 0 amide bonds. The summed E-state index contributed by atoms with van der Waals surface area (Å²) in [5.41, 5.74) is -1.25. The lowest BCUT2D eigenvalue weighted by atomic mass is 9.72. The number of esters is 1. The van der Waals surface area contributed by atoms with E-state index in [0.717, 1.165) is 0 Å². The SMILES string of the molecule is CCOC(=O)C(Cc1cccc(F)c1)(C(=O)O)C(C)C. The Bertz CT molecular complexity index is 498. The van der Waals surface area contributed by atoms with E-state index in [0.29, 0.717) is 5.56 Å². The molecule has 1 N–H and O–H groups in total. The molecule has 1 unspecified atom stereocenters. The molecule has 1 aromatic carbocycles. The second-order valence-electron chi connectivity index (χ2n) is 4.96. The number of carboxylic acid groups (broad SMARTS) is 1. The minimum Gasteiger partial charge on any atom is -0.480 e. The number of ether oxygens (including phenoxy) is 1. The molecule has 0 aromatic heterocycles. The Hall–Kier alpha value is -1.91. The van der Waals surface area contributed by atoms with Crippen LogP contribution in [0.3, 0.4) is 0 Å². The van der Waals surface area contributed by atoms with Crippen LogP contribution in [-0.4, -0.2) is 23.7 Å². The molecule has 0 fully saturated rings. The molecule has 1 aromatic rings. The van der Waals surface area contributed by atoms with Crippen molar-refractivity contribution in [1.82, 2.24) is 0 Å². The third kappa shape index (κ3) is 3.15. The van der Waals surface area contributed by atoms with Gasteiger partial charge in [-0.2, -0.15) is 0 Å². The van der Waals surface area contributed by atoms with Crippen molar-refractivity contribution in [3.05, 3.63) is 35.6 Å². The number of halogens is 1. The van der Waals surface area contributed by atoms with Gasteiger partial charge in [0.15, 0.2) is 5.41 Å². The minimum absolute atomic E-state index is 0.101. The Labute approximate surface area is 117 Å². The number of carboxylic acids is 1. The Morgan fingerprint density at radius 3 is 2.50 bits per heavy atom. The zero-order valence-electron chi connectivity index (χ0n) is 11.9. The van der Waals surface area contributed by atoms with E-state index in [4.69, 9.17) is 4.74 Å². The quantitative estimate of drug-likeness (QED) is 0.643. The van der Waals surface area contributed by atoms with Crippen molar-refractivity contribution in [3.63, 3.8) is 0 Å². The van der Waals surface area contributed by atoms with Crippen LogP contribution in [0.15, 0.2) is 24.3 Å². The van der Waals surface area contributed by atoms with Gasteiger partial charge < -0.3 is 9.84 Å². The number of carbonyl (C=O) groups is 2. The molecule has 0 aliphatic rings. The van der Waals surface area contributed by atoms with E-state index < -0.39 is 29.1 Å². The Morgan fingerprint density at radius 2 is 2.05 bits per heavy atom. The van der Waals surface area contributed by atoms with E-state index in [1.807, 2.05) is 0 Å². The second kappa shape index (κ2) is 6.50. The summed E-state index contributed by atoms with van der Waals surface area (Å²) in [6, 6.07) is 5.59. The lowest BCUT2D eigenvalue weighted by Crippen LogP contribution is -2.47. The van der Waals surface area contributed by atoms with Gasteiger partial charge in [-0.3, -0.25) is 9.59 Å². The average molecular weight is 282 g/mol. The van der Waals surface area contributed by atoms with E-state index >= 15 is 0 Å². The van der Waals surface area contributed by atoms with Crippen molar-refractivity contribution < 1.29 is 23.8 Å². The summed E-state index contributed by atoms with van der Waals surface area (Å²) in [7, 11) is 0. The van der Waals surface area contributed by atoms with Crippen molar-refractivity contribution in [2.75, 3.05) is 6.61 Å². The van der Waals surface area contributed by atoms with Gasteiger partial charge in [-0.25, -0.2) is 4.39 Å². The molecule has 110 valence electrons. The highest BCUT2D eigenvalue weighted by Gasteiger charge is 2.50. The first kappa shape index (κ1) is 16.1. The zero-order valence-corrected chi connectivity index (χ0v) is 11.9. The fourth-order valence-electron chi connectivity index (χ4n) is 2.15. The Kier molecular flexibility index (Phi) is 5.25. The highest BCUT2D eigenvalue weighted by Crippen LogP contribution is 2.34. The topological polar surface area (TPSA) is 63.6 Å². The number of hydrogen-bond acceptors (Lipinski definition) is 3. The van der Waals surface area contributed by atoms with Crippen LogP contribution < -0.4 is 0 Å². The lowest BCUT2D eigenvalue weighted by molar-refractivity contribution is -0.172. The van der Waals surface area contributed by atoms with Crippen LogP contribution in [-0.2, 0) is 20.7 Å². The zero-order chi connectivity index (χ0) is 15.3. The van der Waals surface area contributed by atoms with E-state index in [1.165, 1.54) is 18.2 Å². The predicted molar refractivity (Wildman–Crippen MR) is 71.6 cm³/mol. The van der Waals surface area contributed by atoms with E-state index in [9.17, 15) is 19.1 Å². The van der Waals surface area contributed by atoms with Gasteiger partial charge in [0.05, 0.1) is 6.61 Å². The number of rotatable bonds is 6. The summed E-state index contributed by atoms with van der Waals surface area (Å²) >= 11 is 0. The molecule has 1 atom stereocenters. The Balaban J connectivity index is 3.23. The monoisotopic (exact) mass is 282 g/mol. The summed E-state index contributed by atoms with van der Waals surface area (Å²) < 4.78 is 18.1. The molecule has 0 aliphatic heterocycles. The summed E-state index contributed by atoms with van der Waals surface area (Å²) in [6.45, 7) is 5.01. The molecule has 20 heavy (non-hydrogen) atoms. The lowest BCUT2D eigenvalue weighted by Gasteiger charge is -2.31. The van der Waals surface area contributed by atoms with Gasteiger partial charge in [0.2, 0.25) is 0 Å². The average Bonchev–Trinajstić information content (AvgIpc) is 2.35. The van der Waals surface area contributed by atoms with Gasteiger partial charge in [0.1, 0.15) is 5.82 Å². The highest BCUT2D eigenvalue weighted by atomic mass is 19.1. The summed E-state index contributed by atoms with van der Waals surface area (Å²) in [4.78, 5) is 23.8. The van der Waals surface area contributed by atoms with Gasteiger partial charge in [-0.05, 0) is 37.0 Å². The standard InChI is InChI=1S/C15H19FO4/c1-4-20-14(19)15(10(2)3,13(17)18)9-11-6-5-7-12(16)8-11/h5-8,10H,4,9H2,1-3H3,(H,17,18). The van der Waals surface area contributed by atoms with Gasteiger partial charge in [-0.1, -0.05) is 26.0 Å². The summed E-state index contributed by atoms with van der Waals surface area (Å²) in [5.74, 6) is -2.99. The van der Waals surface area contributed by atoms with Crippen LogP contribution in [0.2, 0.25) is 0 Å². The van der Waals surface area contributed by atoms with Gasteiger partial charge in [0, 0.05) is 0 Å². The molecule has 0 radical (unpaired) electrons. The molecule has 0 spiro atoms. The largest absolute Gasteiger partial charge is 0.480 e. The first-order chi connectivity index (χ1) is 9.34. The number of hydrogen-bond donors (Lipinski definition) is 1. The van der Waals surface area contributed by atoms with Crippen LogP contribution in [0.25, 0.3) is 0 Å². The molecular formula is C15H19FO4. The van der Waals surface area contributed by atoms with Crippen LogP contribution in [0, 0.1) is 17.2 Å². The maximum atomic E-state index is 13.2. The van der Waals surface area contributed by atoms with Gasteiger partial charge in [0.25, 0.3) is 0 Å². The highest BCUT2D eigenvalue weighted by molar-refractivity contribution is 5.99.